The fraction of sp³-hybridized carbons (Fsp3) is 0.174. The van der Waals surface area contributed by atoms with Crippen molar-refractivity contribution in [2.75, 3.05) is 10.6 Å². The molecule has 4 rings (SSSR count). The van der Waals surface area contributed by atoms with Crippen molar-refractivity contribution in [1.82, 2.24) is 19.6 Å². The summed E-state index contributed by atoms with van der Waals surface area (Å²) in [6.07, 6.45) is 1.85. The number of anilines is 2. The van der Waals surface area contributed by atoms with E-state index >= 15 is 0 Å². The quantitative estimate of drug-likeness (QED) is 0.211. The van der Waals surface area contributed by atoms with Gasteiger partial charge in [0.15, 0.2) is 10.9 Å². The summed E-state index contributed by atoms with van der Waals surface area (Å²) in [4.78, 5) is 0. The van der Waals surface area contributed by atoms with Gasteiger partial charge >= 0.3 is 0 Å². The number of aromatic nitrogens is 4. The third-order valence-corrected chi connectivity index (χ3v) is 7.21. The fourth-order valence-corrected chi connectivity index (χ4v) is 5.03. The molecule has 0 bridgehead atoms. The topological polar surface area (TPSA) is 59.7 Å². The lowest BCUT2D eigenvalue weighted by molar-refractivity contribution is 0.659. The second kappa shape index (κ2) is 11.1. The molecule has 0 saturated heterocycles. The van der Waals surface area contributed by atoms with E-state index in [4.69, 9.17) is 58.6 Å². The van der Waals surface area contributed by atoms with Gasteiger partial charge in [0.2, 0.25) is 0 Å². The van der Waals surface area contributed by atoms with Crippen molar-refractivity contribution < 1.29 is 0 Å². The van der Waals surface area contributed by atoms with Crippen molar-refractivity contribution in [3.05, 3.63) is 89.7 Å². The SMILES string of the molecule is Cc1nn(Cc2ccc(Cl)cc2Cl)c(C)c1NC(=S)Nc1nn(Cc2ccc(Cl)cc2Cl)cc1Br. The molecule has 182 valence electrons. The van der Waals surface area contributed by atoms with Gasteiger partial charge in [-0.05, 0) is 77.4 Å². The summed E-state index contributed by atoms with van der Waals surface area (Å²) in [5.74, 6) is 0.572. The van der Waals surface area contributed by atoms with E-state index in [1.807, 2.05) is 42.9 Å². The molecule has 0 aliphatic rings. The van der Waals surface area contributed by atoms with Crippen LogP contribution < -0.4 is 10.6 Å². The Labute approximate surface area is 236 Å². The van der Waals surface area contributed by atoms with E-state index in [1.54, 1.807) is 22.9 Å². The highest BCUT2D eigenvalue weighted by Crippen LogP contribution is 2.27. The van der Waals surface area contributed by atoms with E-state index in [0.29, 0.717) is 44.1 Å². The van der Waals surface area contributed by atoms with Crippen LogP contribution in [0.15, 0.2) is 47.1 Å². The number of aryl methyl sites for hydroxylation is 1. The molecule has 2 aromatic heterocycles. The summed E-state index contributed by atoms with van der Waals surface area (Å²) in [6.45, 7) is 4.87. The van der Waals surface area contributed by atoms with E-state index in [0.717, 1.165) is 32.7 Å². The zero-order valence-corrected chi connectivity index (χ0v) is 24.0. The van der Waals surface area contributed by atoms with E-state index in [9.17, 15) is 0 Å². The summed E-state index contributed by atoms with van der Waals surface area (Å²) in [5.41, 5.74) is 4.36. The number of nitrogens with one attached hydrogen (secondary N) is 2. The highest BCUT2D eigenvalue weighted by atomic mass is 79.9. The van der Waals surface area contributed by atoms with Gasteiger partial charge in [-0.2, -0.15) is 10.2 Å². The Bertz CT molecular complexity index is 1420. The van der Waals surface area contributed by atoms with Crippen LogP contribution in [0.5, 0.6) is 0 Å². The lowest BCUT2D eigenvalue weighted by atomic mass is 10.2. The van der Waals surface area contributed by atoms with Crippen molar-refractivity contribution in [3.8, 4) is 0 Å². The smallest absolute Gasteiger partial charge is 0.176 e. The van der Waals surface area contributed by atoms with Gasteiger partial charge in [-0.15, -0.1) is 0 Å². The number of hydrogen-bond donors (Lipinski definition) is 2. The van der Waals surface area contributed by atoms with Crippen LogP contribution in [0, 0.1) is 13.8 Å². The first-order chi connectivity index (χ1) is 16.6. The summed E-state index contributed by atoms with van der Waals surface area (Å²) < 4.78 is 4.39. The summed E-state index contributed by atoms with van der Waals surface area (Å²) in [7, 11) is 0. The molecule has 0 saturated carbocycles. The second-order valence-corrected chi connectivity index (χ2v) is 10.7. The van der Waals surface area contributed by atoms with Crippen molar-refractivity contribution in [1.29, 1.82) is 0 Å². The van der Waals surface area contributed by atoms with Gasteiger partial charge in [0.25, 0.3) is 0 Å². The zero-order valence-electron chi connectivity index (χ0n) is 18.5. The van der Waals surface area contributed by atoms with Gasteiger partial charge in [0.1, 0.15) is 0 Å². The highest BCUT2D eigenvalue weighted by Gasteiger charge is 2.16. The Kier molecular flexibility index (Phi) is 8.30. The van der Waals surface area contributed by atoms with Gasteiger partial charge < -0.3 is 10.6 Å². The van der Waals surface area contributed by atoms with Crippen LogP contribution in [0.2, 0.25) is 20.1 Å². The van der Waals surface area contributed by atoms with Crippen LogP contribution in [0.1, 0.15) is 22.5 Å². The van der Waals surface area contributed by atoms with Gasteiger partial charge in [0, 0.05) is 26.3 Å². The molecular weight excluding hydrogens is 614 g/mol. The lowest BCUT2D eigenvalue weighted by Gasteiger charge is -2.11. The Morgan fingerprint density at radius 1 is 0.914 bits per heavy atom. The molecule has 0 unspecified atom stereocenters. The molecule has 0 spiro atoms. The number of nitrogens with zero attached hydrogens (tertiary/aromatic N) is 4. The van der Waals surface area contributed by atoms with Gasteiger partial charge in [0.05, 0.1) is 34.6 Å². The zero-order chi connectivity index (χ0) is 25.3. The molecule has 0 radical (unpaired) electrons. The first-order valence-electron chi connectivity index (χ1n) is 10.3. The average molecular weight is 633 g/mol. The Morgan fingerprint density at radius 2 is 1.51 bits per heavy atom. The minimum absolute atomic E-state index is 0.385. The first-order valence-corrected chi connectivity index (χ1v) is 13.0. The minimum atomic E-state index is 0.385. The van der Waals surface area contributed by atoms with Gasteiger partial charge in [-0.3, -0.25) is 9.36 Å². The van der Waals surface area contributed by atoms with Crippen LogP contribution in [0.3, 0.4) is 0 Å². The number of halogens is 5. The number of benzene rings is 2. The van der Waals surface area contributed by atoms with Crippen LogP contribution in [-0.4, -0.2) is 24.7 Å². The first kappa shape index (κ1) is 26.3. The number of thiocarbonyl (C=S) groups is 1. The van der Waals surface area contributed by atoms with Gasteiger partial charge in [-0.25, -0.2) is 0 Å². The minimum Gasteiger partial charge on any atom is -0.329 e. The maximum absolute atomic E-state index is 6.34. The normalized spacial score (nSPS) is 11.1. The molecule has 6 nitrogen and oxygen atoms in total. The Morgan fingerprint density at radius 3 is 2.11 bits per heavy atom. The summed E-state index contributed by atoms with van der Waals surface area (Å²) >= 11 is 33.7. The molecule has 0 aliphatic carbocycles. The second-order valence-electron chi connectivity index (χ2n) is 7.78. The largest absolute Gasteiger partial charge is 0.329 e. The molecular formula is C23H19BrCl4N6S. The highest BCUT2D eigenvalue weighted by molar-refractivity contribution is 9.10. The molecule has 12 heteroatoms. The van der Waals surface area contributed by atoms with Gasteiger partial charge in [-0.1, -0.05) is 58.5 Å². The van der Waals surface area contributed by atoms with E-state index in [1.165, 1.54) is 0 Å². The third-order valence-electron chi connectivity index (χ3n) is 5.25. The number of rotatable bonds is 6. The van der Waals surface area contributed by atoms with Crippen LogP contribution >= 0.6 is 74.6 Å². The average Bonchev–Trinajstić information content (AvgIpc) is 3.25. The van der Waals surface area contributed by atoms with Crippen LogP contribution in [0.25, 0.3) is 0 Å². The molecule has 2 heterocycles. The molecule has 0 atom stereocenters. The fourth-order valence-electron chi connectivity index (χ4n) is 3.48. The van der Waals surface area contributed by atoms with Crippen molar-refractivity contribution in [3.63, 3.8) is 0 Å². The van der Waals surface area contributed by atoms with E-state index in [-0.39, 0.29) is 0 Å². The summed E-state index contributed by atoms with van der Waals surface area (Å²) in [6, 6.07) is 10.8. The predicted molar refractivity (Wildman–Crippen MR) is 153 cm³/mol. The molecule has 0 amide bonds. The van der Waals surface area contributed by atoms with Crippen LogP contribution in [0.4, 0.5) is 11.5 Å². The maximum Gasteiger partial charge on any atom is 0.176 e. The molecule has 2 aromatic carbocycles. The Balaban J connectivity index is 1.45. The van der Waals surface area contributed by atoms with E-state index < -0.39 is 0 Å². The molecule has 0 fully saturated rings. The standard InChI is InChI=1S/C23H19BrCl4N6S/c1-12-21(13(2)34(31-12)10-15-4-6-17(26)8-20(15)28)29-23(35)30-22-18(24)11-33(32-22)9-14-3-5-16(25)7-19(14)27/h3-8,11H,9-10H2,1-2H3,(H2,29,30,32,35). The van der Waals surface area contributed by atoms with E-state index in [2.05, 4.69) is 36.8 Å². The van der Waals surface area contributed by atoms with Crippen molar-refractivity contribution in [2.24, 2.45) is 0 Å². The number of hydrogen-bond acceptors (Lipinski definition) is 3. The monoisotopic (exact) mass is 630 g/mol. The lowest BCUT2D eigenvalue weighted by Crippen LogP contribution is -2.20. The molecule has 2 N–H and O–H groups in total. The summed E-state index contributed by atoms with van der Waals surface area (Å²) in [5, 5.41) is 18.3. The van der Waals surface area contributed by atoms with Crippen LogP contribution in [-0.2, 0) is 13.1 Å². The Hall–Kier alpha value is -1.81. The molecule has 0 aliphatic heterocycles. The van der Waals surface area contributed by atoms with Crippen molar-refractivity contribution in [2.45, 2.75) is 26.9 Å². The third kappa shape index (κ3) is 6.31. The molecule has 35 heavy (non-hydrogen) atoms. The maximum atomic E-state index is 6.34. The van der Waals surface area contributed by atoms with Crippen molar-refractivity contribution >= 4 is 91.2 Å². The molecule has 4 aromatic rings. The predicted octanol–water partition coefficient (Wildman–Crippen LogP) is 7.98.